The Kier molecular flexibility index (Phi) is 11.7. The second-order valence-corrected chi connectivity index (χ2v) is 8.68. The molecule has 0 heterocycles. The normalized spacial score (nSPS) is 10.7. The molecular weight excluding hydrogens is 293 g/mol. The molecule has 0 aromatic heterocycles. The fourth-order valence-corrected chi connectivity index (χ4v) is 0. The van der Waals surface area contributed by atoms with Gasteiger partial charge in [0, 0.05) is 0 Å². The summed E-state index contributed by atoms with van der Waals surface area (Å²) in [6.07, 6.45) is 0. The van der Waals surface area contributed by atoms with Gasteiger partial charge in [0.05, 0.1) is 0 Å². The van der Waals surface area contributed by atoms with E-state index in [0.29, 0.717) is 0 Å². The summed E-state index contributed by atoms with van der Waals surface area (Å²) in [5.74, 6) is 0. The summed E-state index contributed by atoms with van der Waals surface area (Å²) in [4.78, 5) is 0. The predicted molar refractivity (Wildman–Crippen MR) is 40.6 cm³/mol. The maximum atomic E-state index is 9.39. The third-order valence-corrected chi connectivity index (χ3v) is 0. The molecule has 0 saturated heterocycles. The van der Waals surface area contributed by atoms with E-state index in [-0.39, 0.29) is 29.6 Å². The quantitative estimate of drug-likeness (QED) is 0.362. The molecule has 0 aliphatic rings. The Balaban J connectivity index is -0.000000107. The molecule has 0 atom stereocenters. The van der Waals surface area contributed by atoms with Gasteiger partial charge in [0.15, 0.2) is 0 Å². The molecule has 0 aromatic rings. The number of hydrogen-bond acceptors (Lipinski definition) is 2. The minimum absolute atomic E-state index is 0. The van der Waals surface area contributed by atoms with E-state index in [1.54, 1.807) is 0 Å². The zero-order valence-corrected chi connectivity index (χ0v) is 9.25. The molecule has 0 amide bonds. The third-order valence-electron chi connectivity index (χ3n) is 0. The molecule has 0 aromatic carbocycles. The van der Waals surface area contributed by atoms with Gasteiger partial charge in [0.25, 0.3) is 0 Å². The van der Waals surface area contributed by atoms with Crippen LogP contribution in [0.3, 0.4) is 0 Å². The van der Waals surface area contributed by atoms with Crippen molar-refractivity contribution in [3.05, 3.63) is 0 Å². The van der Waals surface area contributed by atoms with E-state index in [0.717, 1.165) is 11.4 Å². The fourth-order valence-electron chi connectivity index (χ4n) is 0. The van der Waals surface area contributed by atoms with E-state index in [2.05, 4.69) is 0 Å². The number of hydrogen-bond donors (Lipinski definition) is 4. The Morgan fingerprint density at radius 1 is 0.818 bits per heavy atom. The molecule has 0 unspecified atom stereocenters. The van der Waals surface area contributed by atoms with Crippen LogP contribution in [0, 0.1) is 0 Å². The topological polar surface area (TPSA) is 115 Å². The van der Waals surface area contributed by atoms with Gasteiger partial charge < -0.3 is 0 Å². The molecule has 0 spiro atoms. The van der Waals surface area contributed by atoms with Crippen LogP contribution in [0.5, 0.6) is 0 Å². The van der Waals surface area contributed by atoms with Crippen LogP contribution in [-0.4, -0.2) is 74.3 Å². The molecule has 6 nitrogen and oxygen atoms in total. The first-order valence-electron chi connectivity index (χ1n) is 2.06. The summed E-state index contributed by atoms with van der Waals surface area (Å²) in [7, 11) is 0. The van der Waals surface area contributed by atoms with Gasteiger partial charge in [-0.15, -0.1) is 0 Å². The van der Waals surface area contributed by atoms with E-state index in [4.69, 9.17) is 16.4 Å². The summed E-state index contributed by atoms with van der Waals surface area (Å²) in [6, 6.07) is 0. The Morgan fingerprint density at radius 2 is 0.818 bits per heavy atom. The average Bonchev–Trinajstić information content (AvgIpc) is 1.12. The molecular formula is C2H11As2NaO6. The van der Waals surface area contributed by atoms with Gasteiger partial charge in [0.2, 0.25) is 0 Å². The van der Waals surface area contributed by atoms with Gasteiger partial charge in [0.1, 0.15) is 0 Å². The van der Waals surface area contributed by atoms with Crippen molar-refractivity contribution in [2.75, 3.05) is 0 Å². The standard InChI is InChI=1S/2CH5AsO3.Na.H/c2*1-2(3,4)5;;/h2*1H3,(H2,3,4,5);;. The predicted octanol–water partition coefficient (Wildman–Crippen LogP) is -2.71. The summed E-state index contributed by atoms with van der Waals surface area (Å²) in [6.45, 7) is 0. The van der Waals surface area contributed by atoms with E-state index in [9.17, 15) is 7.48 Å². The van der Waals surface area contributed by atoms with Crippen molar-refractivity contribution in [1.82, 2.24) is 0 Å². The Bertz CT molecular complexity index is 131. The van der Waals surface area contributed by atoms with Crippen molar-refractivity contribution in [1.29, 1.82) is 0 Å². The molecule has 0 aliphatic heterocycles. The molecule has 0 saturated carbocycles. The van der Waals surface area contributed by atoms with Crippen LogP contribution in [0.15, 0.2) is 0 Å². The van der Waals surface area contributed by atoms with Crippen molar-refractivity contribution in [2.45, 2.75) is 11.4 Å². The van der Waals surface area contributed by atoms with Crippen molar-refractivity contribution in [2.24, 2.45) is 0 Å². The average molecular weight is 304 g/mol. The van der Waals surface area contributed by atoms with Gasteiger partial charge in [-0.2, -0.15) is 0 Å². The van der Waals surface area contributed by atoms with Crippen LogP contribution >= 0.6 is 0 Å². The number of rotatable bonds is 0. The van der Waals surface area contributed by atoms with E-state index in [1.165, 1.54) is 0 Å². The third kappa shape index (κ3) is 435. The zero-order valence-electron chi connectivity index (χ0n) is 5.50. The first kappa shape index (κ1) is 18.4. The van der Waals surface area contributed by atoms with Crippen LogP contribution in [0.4, 0.5) is 0 Å². The first-order chi connectivity index (χ1) is 4.00. The molecule has 0 fully saturated rings. The van der Waals surface area contributed by atoms with Crippen LogP contribution in [-0.2, 0) is 7.48 Å². The van der Waals surface area contributed by atoms with Gasteiger partial charge in [-0.3, -0.25) is 0 Å². The molecule has 11 heavy (non-hydrogen) atoms. The Labute approximate surface area is 92.3 Å². The van der Waals surface area contributed by atoms with E-state index >= 15 is 0 Å². The molecule has 0 bridgehead atoms. The van der Waals surface area contributed by atoms with Crippen molar-refractivity contribution >= 4 is 57.9 Å². The van der Waals surface area contributed by atoms with Crippen molar-refractivity contribution in [3.8, 4) is 0 Å². The summed E-state index contributed by atoms with van der Waals surface area (Å²) >= 11 is -8.25. The fraction of sp³-hybridized carbons (Fsp3) is 1.00. The van der Waals surface area contributed by atoms with Crippen LogP contribution in [0.2, 0.25) is 11.4 Å². The van der Waals surface area contributed by atoms with Gasteiger partial charge in [-0.1, -0.05) is 0 Å². The van der Waals surface area contributed by atoms with Crippen molar-refractivity contribution in [3.63, 3.8) is 0 Å². The van der Waals surface area contributed by atoms with Crippen LogP contribution in [0.25, 0.3) is 0 Å². The Hall–Kier alpha value is 1.56. The molecule has 66 valence electrons. The second-order valence-electron chi connectivity index (χ2n) is 1.67. The van der Waals surface area contributed by atoms with Gasteiger partial charge in [-0.25, -0.2) is 0 Å². The second kappa shape index (κ2) is 7.01. The first-order valence-corrected chi connectivity index (χ1v) is 10.7. The van der Waals surface area contributed by atoms with Crippen LogP contribution in [0.1, 0.15) is 0 Å². The van der Waals surface area contributed by atoms with Gasteiger partial charge in [-0.05, 0) is 0 Å². The van der Waals surface area contributed by atoms with Crippen LogP contribution < -0.4 is 0 Å². The molecule has 4 N–H and O–H groups in total. The maximum absolute atomic E-state index is 9.39. The SMILES string of the molecule is C[As](=O)(O)O.C[As](=O)(O)O.[NaH]. The minimum atomic E-state index is -4.12. The van der Waals surface area contributed by atoms with Crippen molar-refractivity contribution < 1.29 is 23.9 Å². The molecule has 0 rings (SSSR count). The molecule has 0 aliphatic carbocycles. The zero-order chi connectivity index (χ0) is 9.00. The van der Waals surface area contributed by atoms with E-state index in [1.807, 2.05) is 0 Å². The summed E-state index contributed by atoms with van der Waals surface area (Å²) in [5.41, 5.74) is 1.83. The summed E-state index contributed by atoms with van der Waals surface area (Å²) < 4.78 is 49.5. The molecule has 9 heteroatoms. The van der Waals surface area contributed by atoms with E-state index < -0.39 is 28.3 Å². The summed E-state index contributed by atoms with van der Waals surface area (Å²) in [5, 5.41) is 0. The molecule has 0 radical (unpaired) electrons. The van der Waals surface area contributed by atoms with Gasteiger partial charge >= 0.3 is 93.2 Å². The Morgan fingerprint density at radius 3 is 0.818 bits per heavy atom. The monoisotopic (exact) mass is 304 g/mol.